The molecule has 1 aromatic carbocycles. The first-order valence-corrected chi connectivity index (χ1v) is 6.02. The van der Waals surface area contributed by atoms with Crippen molar-refractivity contribution in [3.8, 4) is 5.75 Å². The number of carbonyl (C=O) groups excluding carboxylic acids is 1. The number of hydrogen-bond acceptors (Lipinski definition) is 2. The van der Waals surface area contributed by atoms with Crippen LogP contribution in [-0.4, -0.2) is 12.9 Å². The fraction of sp³-hybridized carbons (Fsp3) is 0.188. The minimum absolute atomic E-state index is 0.117. The van der Waals surface area contributed by atoms with Crippen LogP contribution >= 0.6 is 0 Å². The number of allylic oxidation sites excluding steroid dienone is 5. The highest BCUT2D eigenvalue weighted by Gasteiger charge is 2.07. The molecule has 92 valence electrons. The third-order valence-corrected chi connectivity index (χ3v) is 2.88. The summed E-state index contributed by atoms with van der Waals surface area (Å²) < 4.78 is 5.26. The van der Waals surface area contributed by atoms with Crippen LogP contribution in [0.15, 0.2) is 54.1 Å². The lowest BCUT2D eigenvalue weighted by Crippen LogP contribution is -2.02. The van der Waals surface area contributed by atoms with Gasteiger partial charge in [0.15, 0.2) is 5.78 Å². The molecule has 2 rings (SSSR count). The molecule has 0 spiro atoms. The summed E-state index contributed by atoms with van der Waals surface area (Å²) in [5, 5.41) is 0. The van der Waals surface area contributed by atoms with Gasteiger partial charge in [0, 0.05) is 5.56 Å². The molecule has 1 aliphatic carbocycles. The lowest BCUT2D eigenvalue weighted by molar-refractivity contribution is -0.111. The fourth-order valence-electron chi connectivity index (χ4n) is 1.90. The fourth-order valence-corrected chi connectivity index (χ4v) is 1.90. The highest BCUT2D eigenvalue weighted by atomic mass is 16.5. The van der Waals surface area contributed by atoms with Crippen molar-refractivity contribution >= 4 is 11.9 Å². The second kappa shape index (κ2) is 6.01. The van der Waals surface area contributed by atoms with Gasteiger partial charge in [-0.15, -0.1) is 0 Å². The summed E-state index contributed by atoms with van der Waals surface area (Å²) in [5.41, 5.74) is 1.87. The van der Waals surface area contributed by atoms with Crippen molar-refractivity contribution in [3.63, 3.8) is 0 Å². The van der Waals surface area contributed by atoms with Crippen LogP contribution in [0.25, 0.3) is 6.08 Å². The van der Waals surface area contributed by atoms with E-state index in [-0.39, 0.29) is 5.78 Å². The summed E-state index contributed by atoms with van der Waals surface area (Å²) >= 11 is 0. The standard InChI is InChI=1S/C16H16O2/c1-18-16-12-5-3-8-14(16)10-6-9-13-7-2-4-11-15(13)17/h3-6,8-12H,2,7H2,1H3/b10-6+,13-9+. The smallest absolute Gasteiger partial charge is 0.181 e. The van der Waals surface area contributed by atoms with Crippen LogP contribution in [0.1, 0.15) is 18.4 Å². The average Bonchev–Trinajstić information content (AvgIpc) is 2.41. The lowest BCUT2D eigenvalue weighted by Gasteiger charge is -2.05. The zero-order valence-electron chi connectivity index (χ0n) is 10.4. The first-order valence-electron chi connectivity index (χ1n) is 6.02. The lowest BCUT2D eigenvalue weighted by atomic mass is 9.99. The van der Waals surface area contributed by atoms with Crippen molar-refractivity contribution < 1.29 is 9.53 Å². The van der Waals surface area contributed by atoms with Gasteiger partial charge in [0.05, 0.1) is 7.11 Å². The van der Waals surface area contributed by atoms with Gasteiger partial charge in [0.25, 0.3) is 0 Å². The summed E-state index contributed by atoms with van der Waals surface area (Å²) in [6.07, 6.45) is 11.1. The molecule has 0 bridgehead atoms. The van der Waals surface area contributed by atoms with Gasteiger partial charge in [-0.3, -0.25) is 4.79 Å². The molecule has 0 heterocycles. The van der Waals surface area contributed by atoms with Gasteiger partial charge < -0.3 is 4.74 Å². The van der Waals surface area contributed by atoms with E-state index in [2.05, 4.69) is 0 Å². The molecule has 0 amide bonds. The summed E-state index contributed by atoms with van der Waals surface area (Å²) in [6, 6.07) is 7.80. The third-order valence-electron chi connectivity index (χ3n) is 2.88. The Morgan fingerprint density at radius 1 is 1.28 bits per heavy atom. The number of carbonyl (C=O) groups is 1. The maximum atomic E-state index is 11.5. The van der Waals surface area contributed by atoms with Gasteiger partial charge in [0.1, 0.15) is 5.75 Å². The van der Waals surface area contributed by atoms with E-state index in [1.807, 2.05) is 48.6 Å². The van der Waals surface area contributed by atoms with Crippen LogP contribution < -0.4 is 4.74 Å². The number of ketones is 1. The molecule has 0 aliphatic heterocycles. The number of benzene rings is 1. The zero-order chi connectivity index (χ0) is 12.8. The van der Waals surface area contributed by atoms with Crippen molar-refractivity contribution in [1.82, 2.24) is 0 Å². The van der Waals surface area contributed by atoms with E-state index in [4.69, 9.17) is 4.74 Å². The highest BCUT2D eigenvalue weighted by Crippen LogP contribution is 2.19. The number of para-hydroxylation sites is 1. The van der Waals surface area contributed by atoms with Crippen molar-refractivity contribution in [3.05, 3.63) is 59.7 Å². The molecule has 0 aromatic heterocycles. The minimum Gasteiger partial charge on any atom is -0.496 e. The molecule has 2 heteroatoms. The van der Waals surface area contributed by atoms with Crippen molar-refractivity contribution in [1.29, 1.82) is 0 Å². The minimum atomic E-state index is 0.117. The van der Waals surface area contributed by atoms with Crippen LogP contribution in [0.2, 0.25) is 0 Å². The summed E-state index contributed by atoms with van der Waals surface area (Å²) in [6.45, 7) is 0. The summed E-state index contributed by atoms with van der Waals surface area (Å²) in [7, 11) is 1.65. The van der Waals surface area contributed by atoms with Crippen LogP contribution in [0.5, 0.6) is 5.75 Å². The monoisotopic (exact) mass is 240 g/mol. The Morgan fingerprint density at radius 3 is 2.89 bits per heavy atom. The van der Waals surface area contributed by atoms with Gasteiger partial charge in [-0.05, 0) is 30.6 Å². The Bertz CT molecular complexity index is 522. The normalized spacial score (nSPS) is 17.6. The van der Waals surface area contributed by atoms with Crippen molar-refractivity contribution in [2.24, 2.45) is 0 Å². The van der Waals surface area contributed by atoms with E-state index < -0.39 is 0 Å². The van der Waals surface area contributed by atoms with Crippen molar-refractivity contribution in [2.45, 2.75) is 12.8 Å². The topological polar surface area (TPSA) is 26.3 Å². The van der Waals surface area contributed by atoms with Crippen LogP contribution in [-0.2, 0) is 4.79 Å². The highest BCUT2D eigenvalue weighted by molar-refractivity contribution is 6.04. The molecule has 2 nitrogen and oxygen atoms in total. The quantitative estimate of drug-likeness (QED) is 0.755. The SMILES string of the molecule is COc1ccccc1/C=C/C=C1\CCC=CC1=O. The summed E-state index contributed by atoms with van der Waals surface area (Å²) in [4.78, 5) is 11.5. The Morgan fingerprint density at radius 2 is 2.11 bits per heavy atom. The zero-order valence-corrected chi connectivity index (χ0v) is 10.4. The van der Waals surface area contributed by atoms with Gasteiger partial charge >= 0.3 is 0 Å². The number of hydrogen-bond donors (Lipinski definition) is 0. The molecule has 0 N–H and O–H groups in total. The largest absolute Gasteiger partial charge is 0.496 e. The van der Waals surface area contributed by atoms with E-state index in [0.717, 1.165) is 29.7 Å². The molecular formula is C16H16O2. The molecule has 1 aliphatic rings. The average molecular weight is 240 g/mol. The van der Waals surface area contributed by atoms with Gasteiger partial charge in [0.2, 0.25) is 0 Å². The molecule has 18 heavy (non-hydrogen) atoms. The van der Waals surface area contributed by atoms with Gasteiger partial charge in [-0.2, -0.15) is 0 Å². The molecular weight excluding hydrogens is 224 g/mol. The molecule has 1 aromatic rings. The van der Waals surface area contributed by atoms with E-state index >= 15 is 0 Å². The molecule has 0 fully saturated rings. The van der Waals surface area contributed by atoms with Crippen LogP contribution in [0.4, 0.5) is 0 Å². The number of ether oxygens (including phenoxy) is 1. The predicted molar refractivity (Wildman–Crippen MR) is 73.5 cm³/mol. The molecule has 0 atom stereocenters. The first kappa shape index (κ1) is 12.4. The molecule has 0 saturated carbocycles. The van der Waals surface area contributed by atoms with E-state index in [1.165, 1.54) is 0 Å². The number of rotatable bonds is 3. The van der Waals surface area contributed by atoms with Gasteiger partial charge in [-0.1, -0.05) is 42.5 Å². The predicted octanol–water partition coefficient (Wildman–Crippen LogP) is 3.55. The molecule has 0 unspecified atom stereocenters. The number of methoxy groups -OCH3 is 1. The maximum Gasteiger partial charge on any atom is 0.181 e. The summed E-state index contributed by atoms with van der Waals surface area (Å²) in [5.74, 6) is 0.952. The molecule has 0 saturated heterocycles. The maximum absolute atomic E-state index is 11.5. The van der Waals surface area contributed by atoms with E-state index in [0.29, 0.717) is 0 Å². The second-order valence-electron chi connectivity index (χ2n) is 4.10. The Labute approximate surface area is 107 Å². The van der Waals surface area contributed by atoms with Gasteiger partial charge in [-0.25, -0.2) is 0 Å². The first-order chi connectivity index (χ1) is 8.81. The third kappa shape index (κ3) is 2.98. The van der Waals surface area contributed by atoms with Crippen LogP contribution in [0.3, 0.4) is 0 Å². The van der Waals surface area contributed by atoms with Crippen LogP contribution in [0, 0.1) is 0 Å². The van der Waals surface area contributed by atoms with Crippen molar-refractivity contribution in [2.75, 3.05) is 7.11 Å². The Hall–Kier alpha value is -2.09. The Balaban J connectivity index is 2.14. The van der Waals surface area contributed by atoms with E-state index in [1.54, 1.807) is 13.2 Å². The second-order valence-corrected chi connectivity index (χ2v) is 4.10. The molecule has 0 radical (unpaired) electrons. The Kier molecular flexibility index (Phi) is 4.13. The van der Waals surface area contributed by atoms with E-state index in [9.17, 15) is 4.79 Å².